The zero-order valence-electron chi connectivity index (χ0n) is 17.0. The number of likely N-dealkylation sites (tertiary alicyclic amines) is 1. The molecular formula is C24H26FN3O2. The van der Waals surface area contributed by atoms with Gasteiger partial charge in [-0.25, -0.2) is 4.39 Å². The first kappa shape index (κ1) is 18.2. The summed E-state index contributed by atoms with van der Waals surface area (Å²) in [6.07, 6.45) is 3.72. The van der Waals surface area contributed by atoms with Crippen LogP contribution in [0.15, 0.2) is 30.3 Å². The van der Waals surface area contributed by atoms with Crippen LogP contribution >= 0.6 is 0 Å². The molecular weight excluding hydrogens is 381 g/mol. The van der Waals surface area contributed by atoms with Crippen LogP contribution < -0.4 is 15.0 Å². The van der Waals surface area contributed by atoms with Gasteiger partial charge >= 0.3 is 0 Å². The number of ether oxygens (including phenoxy) is 1. The van der Waals surface area contributed by atoms with Crippen LogP contribution in [0.2, 0.25) is 0 Å². The van der Waals surface area contributed by atoms with E-state index in [2.05, 4.69) is 27.2 Å². The van der Waals surface area contributed by atoms with E-state index in [1.54, 1.807) is 12.1 Å². The van der Waals surface area contributed by atoms with E-state index in [1.165, 1.54) is 11.3 Å². The van der Waals surface area contributed by atoms with Gasteiger partial charge in [0.2, 0.25) is 5.91 Å². The van der Waals surface area contributed by atoms with Gasteiger partial charge < -0.3 is 19.9 Å². The summed E-state index contributed by atoms with van der Waals surface area (Å²) in [5.41, 5.74) is 5.59. The number of aryl methyl sites for hydroxylation is 1. The van der Waals surface area contributed by atoms with Gasteiger partial charge in [-0.05, 0) is 55.1 Å². The van der Waals surface area contributed by atoms with Crippen molar-refractivity contribution in [2.75, 3.05) is 43.0 Å². The van der Waals surface area contributed by atoms with E-state index < -0.39 is 0 Å². The molecule has 0 saturated carbocycles. The highest BCUT2D eigenvalue weighted by atomic mass is 19.1. The largest absolute Gasteiger partial charge is 0.493 e. The summed E-state index contributed by atoms with van der Waals surface area (Å²) in [5, 5.41) is 3.03. The van der Waals surface area contributed by atoms with Crippen molar-refractivity contribution in [2.24, 2.45) is 0 Å². The molecule has 1 N–H and O–H groups in total. The molecule has 4 heterocycles. The van der Waals surface area contributed by atoms with Gasteiger partial charge in [0, 0.05) is 37.0 Å². The molecule has 2 aromatic carbocycles. The minimum Gasteiger partial charge on any atom is -0.493 e. The van der Waals surface area contributed by atoms with Gasteiger partial charge in [-0.2, -0.15) is 0 Å². The summed E-state index contributed by atoms with van der Waals surface area (Å²) >= 11 is 0. The summed E-state index contributed by atoms with van der Waals surface area (Å²) in [6, 6.07) is 9.97. The molecule has 1 saturated heterocycles. The minimum atomic E-state index is -0.151. The number of nitrogens with zero attached hydrogens (tertiary/aromatic N) is 2. The van der Waals surface area contributed by atoms with Gasteiger partial charge in [0.1, 0.15) is 11.6 Å². The molecule has 156 valence electrons. The number of hydrogen-bond acceptors (Lipinski definition) is 4. The van der Waals surface area contributed by atoms with Crippen LogP contribution in [-0.4, -0.2) is 49.6 Å². The van der Waals surface area contributed by atoms with Crippen molar-refractivity contribution in [1.82, 2.24) is 4.90 Å². The molecule has 6 heteroatoms. The molecule has 0 spiro atoms. The number of piperidine rings is 1. The fourth-order valence-corrected chi connectivity index (χ4v) is 5.90. The zero-order chi connectivity index (χ0) is 20.2. The third-order valence-electron chi connectivity index (χ3n) is 7.15. The summed E-state index contributed by atoms with van der Waals surface area (Å²) in [5.74, 6) is 1.30. The molecule has 4 aliphatic rings. The van der Waals surface area contributed by atoms with E-state index in [1.807, 2.05) is 6.07 Å². The summed E-state index contributed by atoms with van der Waals surface area (Å²) in [4.78, 5) is 17.0. The second-order valence-corrected chi connectivity index (χ2v) is 8.94. The smallest absolute Gasteiger partial charge is 0.243 e. The van der Waals surface area contributed by atoms with E-state index >= 15 is 0 Å². The highest BCUT2D eigenvalue weighted by Gasteiger charge is 2.45. The molecule has 0 bridgehead atoms. The maximum absolute atomic E-state index is 13.9. The molecule has 1 amide bonds. The van der Waals surface area contributed by atoms with Crippen LogP contribution in [0.3, 0.4) is 0 Å². The lowest BCUT2D eigenvalue weighted by Crippen LogP contribution is -2.49. The number of benzene rings is 2. The third kappa shape index (κ3) is 2.88. The van der Waals surface area contributed by atoms with Gasteiger partial charge in [-0.3, -0.25) is 4.79 Å². The van der Waals surface area contributed by atoms with Crippen molar-refractivity contribution in [3.63, 3.8) is 0 Å². The molecule has 0 unspecified atom stereocenters. The molecule has 30 heavy (non-hydrogen) atoms. The monoisotopic (exact) mass is 407 g/mol. The average molecular weight is 407 g/mol. The number of rotatable bonds is 4. The predicted molar refractivity (Wildman–Crippen MR) is 114 cm³/mol. The number of para-hydroxylation sites is 1. The lowest BCUT2D eigenvalue weighted by molar-refractivity contribution is -0.115. The first-order chi connectivity index (χ1) is 14.7. The Hall–Kier alpha value is -2.60. The number of anilines is 2. The molecule has 5 nitrogen and oxygen atoms in total. The number of carbonyl (C=O) groups excluding carboxylic acids is 1. The fourth-order valence-electron chi connectivity index (χ4n) is 5.90. The first-order valence-electron chi connectivity index (χ1n) is 11.0. The number of carbonyl (C=O) groups is 1. The molecule has 6 rings (SSSR count). The van der Waals surface area contributed by atoms with Gasteiger partial charge in [0.05, 0.1) is 24.5 Å². The second-order valence-electron chi connectivity index (χ2n) is 8.94. The number of hydrogen-bond donors (Lipinski definition) is 1. The molecule has 0 aromatic heterocycles. The van der Waals surface area contributed by atoms with E-state index in [4.69, 9.17) is 4.74 Å². The Morgan fingerprint density at radius 1 is 1.27 bits per heavy atom. The molecule has 1 fully saturated rings. The molecule has 0 radical (unpaired) electrons. The SMILES string of the molecule is O=C1CN2c3c(cccc3[C@@H]3CN(CCCc4cc(F)cc5c4OCC5)CC[C@@H]32)N1. The van der Waals surface area contributed by atoms with E-state index in [0.717, 1.165) is 67.9 Å². The van der Waals surface area contributed by atoms with Crippen LogP contribution in [0.1, 0.15) is 35.4 Å². The van der Waals surface area contributed by atoms with Crippen molar-refractivity contribution >= 4 is 17.3 Å². The number of halogens is 1. The molecule has 2 aromatic rings. The van der Waals surface area contributed by atoms with E-state index in [-0.39, 0.29) is 11.7 Å². The highest BCUT2D eigenvalue weighted by molar-refractivity contribution is 6.03. The van der Waals surface area contributed by atoms with Crippen LogP contribution in [0.4, 0.5) is 15.8 Å². The summed E-state index contributed by atoms with van der Waals surface area (Å²) in [6.45, 7) is 4.19. The maximum Gasteiger partial charge on any atom is 0.243 e. The second kappa shape index (κ2) is 6.98. The van der Waals surface area contributed by atoms with Gasteiger partial charge in [-0.1, -0.05) is 12.1 Å². The summed E-state index contributed by atoms with van der Waals surface area (Å²) < 4.78 is 19.7. The first-order valence-corrected chi connectivity index (χ1v) is 11.0. The number of nitrogens with one attached hydrogen (secondary N) is 1. The molecule has 4 aliphatic heterocycles. The lowest BCUT2D eigenvalue weighted by atomic mass is 9.89. The van der Waals surface area contributed by atoms with Crippen molar-refractivity contribution < 1.29 is 13.9 Å². The van der Waals surface area contributed by atoms with Crippen molar-refractivity contribution in [1.29, 1.82) is 0 Å². The highest BCUT2D eigenvalue weighted by Crippen LogP contribution is 2.49. The standard InChI is InChI=1S/C24H26FN3O2/c25-17-11-15(24-16(12-17)7-10-30-24)3-2-8-27-9-6-21-19(13-27)18-4-1-5-20-23(18)28(21)14-22(29)26-20/h1,4-5,11-12,19,21H,2-3,6-10,13-14H2,(H,26,29)/t19-,21-/m0/s1. The Morgan fingerprint density at radius 2 is 2.20 bits per heavy atom. The lowest BCUT2D eigenvalue weighted by Gasteiger charge is -2.39. The van der Waals surface area contributed by atoms with E-state index in [9.17, 15) is 9.18 Å². The third-order valence-corrected chi connectivity index (χ3v) is 7.15. The molecule has 2 atom stereocenters. The van der Waals surface area contributed by atoms with Crippen LogP contribution in [0.5, 0.6) is 5.75 Å². The van der Waals surface area contributed by atoms with Crippen LogP contribution in [-0.2, 0) is 17.6 Å². The molecule has 0 aliphatic carbocycles. The average Bonchev–Trinajstić information content (AvgIpc) is 3.32. The predicted octanol–water partition coefficient (Wildman–Crippen LogP) is 3.32. The Balaban J connectivity index is 1.14. The normalized spacial score (nSPS) is 24.2. The van der Waals surface area contributed by atoms with Crippen LogP contribution in [0.25, 0.3) is 0 Å². The Labute approximate surface area is 175 Å². The minimum absolute atomic E-state index is 0.0903. The Bertz CT molecular complexity index is 1020. The van der Waals surface area contributed by atoms with Crippen molar-refractivity contribution in [3.05, 3.63) is 52.8 Å². The topological polar surface area (TPSA) is 44.8 Å². The zero-order valence-corrected chi connectivity index (χ0v) is 17.0. The van der Waals surface area contributed by atoms with Crippen molar-refractivity contribution in [2.45, 2.75) is 37.6 Å². The summed E-state index contributed by atoms with van der Waals surface area (Å²) in [7, 11) is 0. The van der Waals surface area contributed by atoms with Crippen molar-refractivity contribution in [3.8, 4) is 5.75 Å². The Kier molecular flexibility index (Phi) is 4.23. The van der Waals surface area contributed by atoms with Gasteiger partial charge in [0.15, 0.2) is 0 Å². The maximum atomic E-state index is 13.9. The van der Waals surface area contributed by atoms with Gasteiger partial charge in [-0.15, -0.1) is 0 Å². The number of amides is 1. The quantitative estimate of drug-likeness (QED) is 0.845. The number of fused-ring (bicyclic) bond motifs is 4. The fraction of sp³-hybridized carbons (Fsp3) is 0.458. The Morgan fingerprint density at radius 3 is 3.13 bits per heavy atom. The van der Waals surface area contributed by atoms with E-state index in [0.29, 0.717) is 25.1 Å². The van der Waals surface area contributed by atoms with Gasteiger partial charge in [0.25, 0.3) is 0 Å². The van der Waals surface area contributed by atoms with Crippen LogP contribution in [0, 0.1) is 5.82 Å².